The Morgan fingerprint density at radius 3 is 1.88 bits per heavy atom. The zero-order chi connectivity index (χ0) is 17.3. The number of Topliss-reactive ketones (excluding diaryl/α,β-unsaturated/α-hetero) is 3. The Kier molecular flexibility index (Phi) is 4.31. The van der Waals surface area contributed by atoms with Gasteiger partial charge < -0.3 is 0 Å². The first-order valence-corrected chi connectivity index (χ1v) is 8.99. The van der Waals surface area contributed by atoms with Gasteiger partial charge in [-0.25, -0.2) is 0 Å². The summed E-state index contributed by atoms with van der Waals surface area (Å²) < 4.78 is 25.0. The third-order valence-electron chi connectivity index (χ3n) is 3.49. The van der Waals surface area contributed by atoms with Gasteiger partial charge >= 0.3 is 141 Å². The molecule has 120 valence electrons. The number of fused-ring (bicyclic) bond motifs is 1. The van der Waals surface area contributed by atoms with Crippen molar-refractivity contribution >= 4 is 31.8 Å². The summed E-state index contributed by atoms with van der Waals surface area (Å²) in [5, 5.41) is 0. The quantitative estimate of drug-likeness (QED) is 0.281. The Hall–Kier alpha value is -2.73. The summed E-state index contributed by atoms with van der Waals surface area (Å²) in [6, 6.07) is 13.9. The van der Waals surface area contributed by atoms with E-state index in [1.165, 1.54) is 24.3 Å². The Labute approximate surface area is 141 Å². The average Bonchev–Trinajstić information content (AvgIpc) is 2.84. The molecule has 2 aromatic rings. The average molecular weight is 389 g/mol. The maximum absolute atomic E-state index is 12.6. The van der Waals surface area contributed by atoms with Crippen molar-refractivity contribution in [3.63, 3.8) is 0 Å². The molecule has 1 aliphatic rings. The fraction of sp³-hybridized carbons (Fsp3) is 0. The molecule has 0 aliphatic heterocycles. The third-order valence-corrected chi connectivity index (χ3v) is 4.14. The van der Waals surface area contributed by atoms with Crippen LogP contribution in [0.25, 0.3) is 0 Å². The van der Waals surface area contributed by atoms with Crippen LogP contribution in [0.15, 0.2) is 65.9 Å². The second-order valence-corrected chi connectivity index (χ2v) is 6.16. The summed E-state index contributed by atoms with van der Waals surface area (Å²) in [6.45, 7) is 0. The van der Waals surface area contributed by atoms with E-state index in [1.807, 2.05) is 0 Å². The summed E-state index contributed by atoms with van der Waals surface area (Å²) >= 11 is -3.81. The molecule has 0 spiro atoms. The number of allylic oxidation sites excluding steroid dienone is 2. The van der Waals surface area contributed by atoms with Crippen LogP contribution < -0.4 is 0 Å². The predicted molar refractivity (Wildman–Crippen MR) is 82.6 cm³/mol. The molecule has 0 fully saturated rings. The molecule has 0 saturated heterocycles. The van der Waals surface area contributed by atoms with Crippen LogP contribution in [0.3, 0.4) is 0 Å². The molecule has 6 nitrogen and oxygen atoms in total. The zero-order valence-electron chi connectivity index (χ0n) is 12.1. The van der Waals surface area contributed by atoms with Crippen molar-refractivity contribution in [3.05, 3.63) is 82.6 Å². The van der Waals surface area contributed by atoms with Crippen LogP contribution in [0.2, 0.25) is 0 Å². The molecule has 0 aromatic heterocycles. The summed E-state index contributed by atoms with van der Waals surface area (Å²) in [5.41, 5.74) is -0.0905. The number of carbonyl (C=O) groups excluding carboxylic acids is 3. The third kappa shape index (κ3) is 2.76. The molecule has 1 N–H and O–H groups in total. The molecule has 3 rings (SSSR count). The van der Waals surface area contributed by atoms with Crippen LogP contribution >= 0.6 is 0 Å². The summed E-state index contributed by atoms with van der Waals surface area (Å²) in [6.07, 6.45) is 0. The fourth-order valence-electron chi connectivity index (χ4n) is 2.44. The van der Waals surface area contributed by atoms with Crippen molar-refractivity contribution in [2.24, 2.45) is 0 Å². The van der Waals surface area contributed by atoms with Crippen LogP contribution in [0.4, 0.5) is 0 Å². The second-order valence-electron chi connectivity index (χ2n) is 4.90. The number of carbonyl (C=O) groups is 3. The van der Waals surface area contributed by atoms with E-state index in [4.69, 9.17) is 8.01 Å². The molecule has 0 amide bonds. The van der Waals surface area contributed by atoms with Gasteiger partial charge in [-0.15, -0.1) is 0 Å². The van der Waals surface area contributed by atoms with Crippen LogP contribution in [0.1, 0.15) is 31.1 Å². The van der Waals surface area contributed by atoms with Crippen molar-refractivity contribution < 1.29 is 26.2 Å². The molecular weight excluding hydrogens is 379 g/mol. The number of ketones is 3. The molecule has 0 heterocycles. The van der Waals surface area contributed by atoms with Crippen LogP contribution in [-0.4, -0.2) is 36.0 Å². The van der Waals surface area contributed by atoms with Gasteiger partial charge in [0.1, 0.15) is 0 Å². The first kappa shape index (κ1) is 16.1. The Bertz CT molecular complexity index is 877. The molecule has 0 bridgehead atoms. The normalized spacial score (nSPS) is 14.3. The van der Waals surface area contributed by atoms with E-state index in [9.17, 15) is 18.2 Å². The second kappa shape index (κ2) is 6.41. The van der Waals surface area contributed by atoms with Gasteiger partial charge in [-0.1, -0.05) is 0 Å². The van der Waals surface area contributed by atoms with Crippen molar-refractivity contribution in [3.8, 4) is 0 Å². The Balaban J connectivity index is 2.18. The Morgan fingerprint density at radius 1 is 0.875 bits per heavy atom. The fourth-order valence-corrected chi connectivity index (χ4v) is 3.08. The topological polar surface area (TPSA) is 97.7 Å². The van der Waals surface area contributed by atoms with Crippen molar-refractivity contribution in [2.45, 2.75) is 0 Å². The van der Waals surface area contributed by atoms with Gasteiger partial charge in [0.05, 0.1) is 0 Å². The van der Waals surface area contributed by atoms with E-state index in [0.29, 0.717) is 0 Å². The van der Waals surface area contributed by atoms with Gasteiger partial charge in [0, 0.05) is 0 Å². The molecule has 7 heteroatoms. The van der Waals surface area contributed by atoms with Gasteiger partial charge in [0.2, 0.25) is 0 Å². The van der Waals surface area contributed by atoms with Crippen molar-refractivity contribution in [1.29, 1.82) is 0 Å². The number of hydrogen-bond donors (Lipinski definition) is 1. The van der Waals surface area contributed by atoms with Gasteiger partial charge in [-0.3, -0.25) is 0 Å². The monoisotopic (exact) mass is 390 g/mol. The SMILES string of the molecule is O=C(C(O[Se](=O)O)=C1C(=O)c2ccccc2C1=O)c1ccccc1. The van der Waals surface area contributed by atoms with Crippen LogP contribution in [0, 0.1) is 0 Å². The van der Waals surface area contributed by atoms with E-state index < -0.39 is 43.2 Å². The number of benzene rings is 2. The van der Waals surface area contributed by atoms with Gasteiger partial charge in [0.15, 0.2) is 0 Å². The molecule has 0 radical (unpaired) electrons. The predicted octanol–water partition coefficient (Wildman–Crippen LogP) is 1.63. The summed E-state index contributed by atoms with van der Waals surface area (Å²) in [7, 11) is 0. The summed E-state index contributed by atoms with van der Waals surface area (Å²) in [4.78, 5) is 37.6. The molecule has 1 atom stereocenters. The van der Waals surface area contributed by atoms with E-state index in [0.717, 1.165) is 0 Å². The Morgan fingerprint density at radius 2 is 1.38 bits per heavy atom. The first-order chi connectivity index (χ1) is 11.5. The van der Waals surface area contributed by atoms with Crippen molar-refractivity contribution in [1.82, 2.24) is 0 Å². The number of rotatable bonds is 4. The molecule has 1 aliphatic carbocycles. The molecule has 0 saturated carbocycles. The standard InChI is InChI=1S/C17H10O6Se/c18-14(10-6-2-1-3-7-10)17(23-24(21)22)13-15(19)11-8-4-5-9-12(11)16(13)20/h1-9H,(H,21,22). The molecule has 1 unspecified atom stereocenters. The maximum atomic E-state index is 12.6. The van der Waals surface area contributed by atoms with Crippen molar-refractivity contribution in [2.75, 3.05) is 0 Å². The summed E-state index contributed by atoms with van der Waals surface area (Å²) in [5.74, 6) is -2.86. The molecule has 24 heavy (non-hydrogen) atoms. The van der Waals surface area contributed by atoms with Crippen LogP contribution in [-0.2, 0) is 7.65 Å². The first-order valence-electron chi connectivity index (χ1n) is 6.82. The van der Waals surface area contributed by atoms with E-state index in [-0.39, 0.29) is 16.7 Å². The molecule has 2 aromatic carbocycles. The van der Waals surface area contributed by atoms with Gasteiger partial charge in [-0.2, -0.15) is 0 Å². The van der Waals surface area contributed by atoms with Crippen LogP contribution in [0.5, 0.6) is 0 Å². The van der Waals surface area contributed by atoms with E-state index in [2.05, 4.69) is 0 Å². The molecular formula is C17H10O6Se. The van der Waals surface area contributed by atoms with E-state index >= 15 is 0 Å². The minimum atomic E-state index is -3.81. The van der Waals surface area contributed by atoms with Gasteiger partial charge in [-0.05, 0) is 0 Å². The minimum absolute atomic E-state index is 0.139. The van der Waals surface area contributed by atoms with Gasteiger partial charge in [0.25, 0.3) is 0 Å². The zero-order valence-corrected chi connectivity index (χ0v) is 13.8. The van der Waals surface area contributed by atoms with E-state index in [1.54, 1.807) is 30.3 Å². The number of hydrogen-bond acceptors (Lipinski definition) is 5.